The summed E-state index contributed by atoms with van der Waals surface area (Å²) in [5.74, 6) is -1.28. The topological polar surface area (TPSA) is 73.7 Å². The monoisotopic (exact) mass is 291 g/mol. The lowest BCUT2D eigenvalue weighted by atomic mass is 9.99. The predicted molar refractivity (Wildman–Crippen MR) is 77.8 cm³/mol. The van der Waals surface area contributed by atoms with Gasteiger partial charge in [-0.3, -0.25) is 9.78 Å². The number of pyridine rings is 1. The van der Waals surface area contributed by atoms with E-state index in [-0.39, 0.29) is 11.9 Å². The number of urea groups is 1. The molecule has 2 rings (SSSR count). The van der Waals surface area contributed by atoms with Crippen molar-refractivity contribution in [2.75, 3.05) is 26.7 Å². The van der Waals surface area contributed by atoms with E-state index in [4.69, 9.17) is 5.11 Å². The summed E-state index contributed by atoms with van der Waals surface area (Å²) in [4.78, 5) is 30.7. The van der Waals surface area contributed by atoms with Crippen molar-refractivity contribution in [3.63, 3.8) is 0 Å². The number of carbonyl (C=O) groups is 2. The van der Waals surface area contributed by atoms with Gasteiger partial charge >= 0.3 is 12.0 Å². The zero-order valence-corrected chi connectivity index (χ0v) is 12.4. The van der Waals surface area contributed by atoms with Crippen LogP contribution in [0.3, 0.4) is 0 Å². The van der Waals surface area contributed by atoms with Crippen LogP contribution in [0.15, 0.2) is 24.5 Å². The maximum absolute atomic E-state index is 12.3. The maximum atomic E-state index is 12.3. The van der Waals surface area contributed by atoms with E-state index in [2.05, 4.69) is 4.98 Å². The van der Waals surface area contributed by atoms with Crippen molar-refractivity contribution in [1.82, 2.24) is 14.8 Å². The Balaban J connectivity index is 1.87. The fourth-order valence-corrected chi connectivity index (χ4v) is 2.63. The van der Waals surface area contributed by atoms with Crippen molar-refractivity contribution >= 4 is 12.0 Å². The van der Waals surface area contributed by atoms with Crippen LogP contribution >= 0.6 is 0 Å². The predicted octanol–water partition coefficient (Wildman–Crippen LogP) is 1.33. The number of carboxylic acids is 1. The molecule has 114 valence electrons. The van der Waals surface area contributed by atoms with Gasteiger partial charge in [0.25, 0.3) is 0 Å². The van der Waals surface area contributed by atoms with Gasteiger partial charge in [0, 0.05) is 39.1 Å². The van der Waals surface area contributed by atoms with Crippen molar-refractivity contribution in [3.05, 3.63) is 30.1 Å². The molecular formula is C15H21N3O3. The number of rotatable bonds is 4. The molecule has 0 saturated carbocycles. The standard InChI is InChI=1S/C15H21N3O3/c1-11-9-18(10-13(11)14(19)20)15(21)17(2)8-5-12-3-6-16-7-4-12/h3-4,6-7,11,13H,5,8-10H2,1-2H3,(H,19,20). The summed E-state index contributed by atoms with van der Waals surface area (Å²) >= 11 is 0. The number of aromatic nitrogens is 1. The Morgan fingerprint density at radius 1 is 1.38 bits per heavy atom. The first-order valence-electron chi connectivity index (χ1n) is 7.10. The van der Waals surface area contributed by atoms with Crippen LogP contribution in [0.1, 0.15) is 12.5 Å². The second-order valence-corrected chi connectivity index (χ2v) is 5.64. The van der Waals surface area contributed by atoms with Crippen molar-refractivity contribution < 1.29 is 14.7 Å². The molecule has 2 unspecified atom stereocenters. The minimum Gasteiger partial charge on any atom is -0.481 e. The Morgan fingerprint density at radius 3 is 2.62 bits per heavy atom. The van der Waals surface area contributed by atoms with Crippen molar-refractivity contribution in [1.29, 1.82) is 0 Å². The smallest absolute Gasteiger partial charge is 0.319 e. The van der Waals surface area contributed by atoms with E-state index in [1.54, 1.807) is 29.2 Å². The second kappa shape index (κ2) is 6.56. The third-order valence-electron chi connectivity index (χ3n) is 4.01. The normalized spacial score (nSPS) is 21.3. The molecule has 2 amide bonds. The van der Waals surface area contributed by atoms with E-state index in [1.165, 1.54) is 0 Å². The molecular weight excluding hydrogens is 270 g/mol. The maximum Gasteiger partial charge on any atom is 0.319 e. The van der Waals surface area contributed by atoms with Gasteiger partial charge in [-0.15, -0.1) is 0 Å². The largest absolute Gasteiger partial charge is 0.481 e. The molecule has 2 atom stereocenters. The molecule has 1 fully saturated rings. The molecule has 1 N–H and O–H groups in total. The lowest BCUT2D eigenvalue weighted by Gasteiger charge is -2.24. The highest BCUT2D eigenvalue weighted by atomic mass is 16.4. The summed E-state index contributed by atoms with van der Waals surface area (Å²) in [6.07, 6.45) is 4.23. The second-order valence-electron chi connectivity index (χ2n) is 5.64. The SMILES string of the molecule is CC1CN(C(=O)N(C)CCc2ccncc2)CC1C(=O)O. The first kappa shape index (κ1) is 15.3. The van der Waals surface area contributed by atoms with E-state index in [9.17, 15) is 9.59 Å². The number of amides is 2. The van der Waals surface area contributed by atoms with Gasteiger partial charge in [-0.25, -0.2) is 4.79 Å². The summed E-state index contributed by atoms with van der Waals surface area (Å²) in [5.41, 5.74) is 1.13. The van der Waals surface area contributed by atoms with Crippen LogP contribution in [-0.2, 0) is 11.2 Å². The molecule has 0 radical (unpaired) electrons. The number of likely N-dealkylation sites (N-methyl/N-ethyl adjacent to an activating group) is 1. The molecule has 6 heteroatoms. The van der Waals surface area contributed by atoms with Gasteiger partial charge in [-0.2, -0.15) is 0 Å². The number of carboxylic acid groups (broad SMARTS) is 1. The van der Waals surface area contributed by atoms with Crippen LogP contribution in [-0.4, -0.2) is 58.6 Å². The molecule has 0 aliphatic carbocycles. The van der Waals surface area contributed by atoms with E-state index in [1.807, 2.05) is 19.1 Å². The summed E-state index contributed by atoms with van der Waals surface area (Å²) in [5, 5.41) is 9.12. The summed E-state index contributed by atoms with van der Waals surface area (Å²) in [7, 11) is 1.75. The van der Waals surface area contributed by atoms with Gasteiger partial charge in [0.1, 0.15) is 0 Å². The molecule has 1 aliphatic rings. The zero-order chi connectivity index (χ0) is 15.4. The highest BCUT2D eigenvalue weighted by Gasteiger charge is 2.37. The average Bonchev–Trinajstić information content (AvgIpc) is 2.87. The van der Waals surface area contributed by atoms with Gasteiger partial charge in [0.2, 0.25) is 0 Å². The molecule has 0 aromatic carbocycles. The molecule has 0 bridgehead atoms. The van der Waals surface area contributed by atoms with E-state index >= 15 is 0 Å². The fourth-order valence-electron chi connectivity index (χ4n) is 2.63. The summed E-state index contributed by atoms with van der Waals surface area (Å²) < 4.78 is 0. The number of nitrogens with zero attached hydrogens (tertiary/aromatic N) is 3. The van der Waals surface area contributed by atoms with Crippen LogP contribution < -0.4 is 0 Å². The minimum absolute atomic E-state index is 0.0000442. The van der Waals surface area contributed by atoms with Crippen LogP contribution in [0, 0.1) is 11.8 Å². The average molecular weight is 291 g/mol. The van der Waals surface area contributed by atoms with Crippen LogP contribution in [0.4, 0.5) is 4.79 Å². The highest BCUT2D eigenvalue weighted by molar-refractivity contribution is 5.77. The van der Waals surface area contributed by atoms with E-state index < -0.39 is 11.9 Å². The summed E-state index contributed by atoms with van der Waals surface area (Å²) in [6.45, 7) is 3.29. The fraction of sp³-hybridized carbons (Fsp3) is 0.533. The third-order valence-corrected chi connectivity index (χ3v) is 4.01. The molecule has 1 saturated heterocycles. The quantitative estimate of drug-likeness (QED) is 0.908. The Labute approximate surface area is 124 Å². The number of hydrogen-bond acceptors (Lipinski definition) is 3. The molecule has 21 heavy (non-hydrogen) atoms. The zero-order valence-electron chi connectivity index (χ0n) is 12.4. The number of hydrogen-bond donors (Lipinski definition) is 1. The lowest BCUT2D eigenvalue weighted by Crippen LogP contribution is -2.41. The highest BCUT2D eigenvalue weighted by Crippen LogP contribution is 2.23. The Bertz CT molecular complexity index is 506. The van der Waals surface area contributed by atoms with Gasteiger partial charge in [-0.05, 0) is 30.0 Å². The van der Waals surface area contributed by atoms with Crippen LogP contribution in [0.5, 0.6) is 0 Å². The van der Waals surface area contributed by atoms with Gasteiger partial charge in [-0.1, -0.05) is 6.92 Å². The summed E-state index contributed by atoms with van der Waals surface area (Å²) in [6, 6.07) is 3.76. The Morgan fingerprint density at radius 2 is 2.05 bits per heavy atom. The van der Waals surface area contributed by atoms with Gasteiger partial charge in [0.15, 0.2) is 0 Å². The minimum atomic E-state index is -0.822. The van der Waals surface area contributed by atoms with Gasteiger partial charge in [0.05, 0.1) is 5.92 Å². The van der Waals surface area contributed by atoms with E-state index in [0.29, 0.717) is 19.6 Å². The van der Waals surface area contributed by atoms with Crippen LogP contribution in [0.2, 0.25) is 0 Å². The van der Waals surface area contributed by atoms with Crippen molar-refractivity contribution in [3.8, 4) is 0 Å². The Kier molecular flexibility index (Phi) is 4.77. The van der Waals surface area contributed by atoms with E-state index in [0.717, 1.165) is 12.0 Å². The first-order valence-corrected chi connectivity index (χ1v) is 7.10. The molecule has 1 aromatic rings. The lowest BCUT2D eigenvalue weighted by molar-refractivity contribution is -0.142. The number of likely N-dealkylation sites (tertiary alicyclic amines) is 1. The molecule has 1 aromatic heterocycles. The number of carbonyl (C=O) groups excluding carboxylic acids is 1. The van der Waals surface area contributed by atoms with Gasteiger partial charge < -0.3 is 14.9 Å². The molecule has 0 spiro atoms. The van der Waals surface area contributed by atoms with Crippen molar-refractivity contribution in [2.45, 2.75) is 13.3 Å². The third kappa shape index (κ3) is 3.71. The Hall–Kier alpha value is -2.11. The van der Waals surface area contributed by atoms with Crippen molar-refractivity contribution in [2.24, 2.45) is 11.8 Å². The first-order chi connectivity index (χ1) is 9.99. The molecule has 6 nitrogen and oxygen atoms in total. The number of aliphatic carboxylic acids is 1. The molecule has 2 heterocycles. The molecule has 1 aliphatic heterocycles. The van der Waals surface area contributed by atoms with Crippen LogP contribution in [0.25, 0.3) is 0 Å².